The Balaban J connectivity index is 2.09. The van der Waals surface area contributed by atoms with Gasteiger partial charge in [0.25, 0.3) is 0 Å². The standard InChI is InChI=1S/C15H22BrClN2/c1-3-5-10-6-8-11(9-7-10)15-18-12(4-2)13(16)14(17)19-15/h10-11H,3-9H2,1-2H3. The van der Waals surface area contributed by atoms with Crippen LogP contribution in [-0.4, -0.2) is 9.97 Å². The van der Waals surface area contributed by atoms with Crippen molar-refractivity contribution in [3.63, 3.8) is 0 Å². The summed E-state index contributed by atoms with van der Waals surface area (Å²) in [6.45, 7) is 4.38. The third-order valence-electron chi connectivity index (χ3n) is 4.14. The molecule has 4 heteroatoms. The van der Waals surface area contributed by atoms with E-state index < -0.39 is 0 Å². The second-order valence-corrected chi connectivity index (χ2v) is 6.64. The van der Waals surface area contributed by atoms with E-state index in [2.05, 4.69) is 34.8 Å². The zero-order valence-corrected chi connectivity index (χ0v) is 14.1. The highest BCUT2D eigenvalue weighted by Gasteiger charge is 2.25. The second kappa shape index (κ2) is 7.03. The van der Waals surface area contributed by atoms with Gasteiger partial charge < -0.3 is 0 Å². The lowest BCUT2D eigenvalue weighted by molar-refractivity contribution is 0.302. The Morgan fingerprint density at radius 1 is 1.16 bits per heavy atom. The van der Waals surface area contributed by atoms with Crippen molar-refractivity contribution < 1.29 is 0 Å². The summed E-state index contributed by atoms with van der Waals surface area (Å²) in [4.78, 5) is 9.19. The van der Waals surface area contributed by atoms with Gasteiger partial charge in [-0.2, -0.15) is 0 Å². The van der Waals surface area contributed by atoms with Crippen LogP contribution in [0.2, 0.25) is 5.15 Å². The van der Waals surface area contributed by atoms with Crippen LogP contribution in [-0.2, 0) is 6.42 Å². The van der Waals surface area contributed by atoms with Crippen molar-refractivity contribution in [1.82, 2.24) is 9.97 Å². The fraction of sp³-hybridized carbons (Fsp3) is 0.733. The Bertz CT molecular complexity index is 428. The van der Waals surface area contributed by atoms with Crippen molar-refractivity contribution in [1.29, 1.82) is 0 Å². The molecule has 0 spiro atoms. The first-order chi connectivity index (χ1) is 9.15. The van der Waals surface area contributed by atoms with Crippen LogP contribution in [0.4, 0.5) is 0 Å². The highest BCUT2D eigenvalue weighted by atomic mass is 79.9. The fourth-order valence-corrected chi connectivity index (χ4v) is 3.67. The van der Waals surface area contributed by atoms with Gasteiger partial charge in [-0.05, 0) is 54.0 Å². The number of halogens is 2. The summed E-state index contributed by atoms with van der Waals surface area (Å²) in [5, 5.41) is 0.567. The zero-order chi connectivity index (χ0) is 13.8. The first-order valence-electron chi connectivity index (χ1n) is 7.37. The minimum atomic E-state index is 0.504. The predicted octanol–water partition coefficient (Wildman–Crippen LogP) is 5.53. The maximum absolute atomic E-state index is 6.20. The van der Waals surface area contributed by atoms with E-state index in [0.717, 1.165) is 28.3 Å². The molecule has 1 aromatic heterocycles. The molecular weight excluding hydrogens is 324 g/mol. The summed E-state index contributed by atoms with van der Waals surface area (Å²) in [5.74, 6) is 2.38. The quantitative estimate of drug-likeness (QED) is 0.671. The molecule has 1 aliphatic rings. The number of hydrogen-bond acceptors (Lipinski definition) is 2. The minimum absolute atomic E-state index is 0.504. The number of nitrogens with zero attached hydrogens (tertiary/aromatic N) is 2. The molecule has 0 atom stereocenters. The highest BCUT2D eigenvalue weighted by Crippen LogP contribution is 2.37. The number of aromatic nitrogens is 2. The lowest BCUT2D eigenvalue weighted by Gasteiger charge is -2.27. The van der Waals surface area contributed by atoms with Gasteiger partial charge in [0.05, 0.1) is 10.2 Å². The van der Waals surface area contributed by atoms with Crippen molar-refractivity contribution in [2.75, 3.05) is 0 Å². The first kappa shape index (κ1) is 15.2. The van der Waals surface area contributed by atoms with Gasteiger partial charge in [0.2, 0.25) is 0 Å². The Labute approximate surface area is 129 Å². The van der Waals surface area contributed by atoms with Crippen LogP contribution in [0, 0.1) is 5.92 Å². The third-order valence-corrected chi connectivity index (χ3v) is 5.48. The molecule has 1 aliphatic carbocycles. The maximum Gasteiger partial charge on any atom is 0.147 e. The van der Waals surface area contributed by atoms with E-state index in [1.165, 1.54) is 38.5 Å². The number of aryl methyl sites for hydroxylation is 1. The highest BCUT2D eigenvalue weighted by molar-refractivity contribution is 9.10. The summed E-state index contributed by atoms with van der Waals surface area (Å²) < 4.78 is 0.861. The molecule has 19 heavy (non-hydrogen) atoms. The zero-order valence-electron chi connectivity index (χ0n) is 11.8. The van der Waals surface area contributed by atoms with Gasteiger partial charge >= 0.3 is 0 Å². The van der Waals surface area contributed by atoms with E-state index in [-0.39, 0.29) is 0 Å². The largest absolute Gasteiger partial charge is 0.236 e. The van der Waals surface area contributed by atoms with E-state index in [0.29, 0.717) is 11.1 Å². The molecule has 0 saturated heterocycles. The molecule has 0 radical (unpaired) electrons. The summed E-state index contributed by atoms with van der Waals surface area (Å²) >= 11 is 9.67. The second-order valence-electron chi connectivity index (χ2n) is 5.49. The Kier molecular flexibility index (Phi) is 5.64. The molecule has 1 aromatic rings. The van der Waals surface area contributed by atoms with Crippen molar-refractivity contribution in [2.45, 2.75) is 64.7 Å². The lowest BCUT2D eigenvalue weighted by atomic mass is 9.80. The number of hydrogen-bond donors (Lipinski definition) is 0. The molecule has 1 heterocycles. The normalized spacial score (nSPS) is 23.6. The molecule has 0 unspecified atom stereocenters. The van der Waals surface area contributed by atoms with Crippen molar-refractivity contribution >= 4 is 27.5 Å². The molecule has 0 N–H and O–H groups in total. The molecule has 0 aromatic carbocycles. The molecule has 0 amide bonds. The first-order valence-corrected chi connectivity index (χ1v) is 8.54. The van der Waals surface area contributed by atoms with E-state index in [9.17, 15) is 0 Å². The Hall–Kier alpha value is -0.150. The molecule has 2 nitrogen and oxygen atoms in total. The molecule has 2 rings (SSSR count). The molecule has 0 bridgehead atoms. The predicted molar refractivity (Wildman–Crippen MR) is 83.7 cm³/mol. The maximum atomic E-state index is 6.20. The fourth-order valence-electron chi connectivity index (χ4n) is 3.02. The molecular formula is C15H22BrClN2. The van der Waals surface area contributed by atoms with Gasteiger partial charge in [-0.25, -0.2) is 9.97 Å². The van der Waals surface area contributed by atoms with Gasteiger partial charge in [0.1, 0.15) is 11.0 Å². The Morgan fingerprint density at radius 3 is 2.42 bits per heavy atom. The van der Waals surface area contributed by atoms with Crippen LogP contribution in [0.1, 0.15) is 69.8 Å². The Morgan fingerprint density at radius 2 is 1.84 bits per heavy atom. The van der Waals surface area contributed by atoms with Crippen LogP contribution in [0.15, 0.2) is 4.47 Å². The van der Waals surface area contributed by atoms with Crippen LogP contribution in [0.5, 0.6) is 0 Å². The van der Waals surface area contributed by atoms with Gasteiger partial charge in [0.15, 0.2) is 0 Å². The molecule has 0 aliphatic heterocycles. The van der Waals surface area contributed by atoms with E-state index in [4.69, 9.17) is 16.6 Å². The van der Waals surface area contributed by atoms with Crippen molar-refractivity contribution in [3.05, 3.63) is 21.1 Å². The minimum Gasteiger partial charge on any atom is -0.236 e. The average Bonchev–Trinajstić information content (AvgIpc) is 2.43. The van der Waals surface area contributed by atoms with Crippen LogP contribution in [0.3, 0.4) is 0 Å². The topological polar surface area (TPSA) is 25.8 Å². The summed E-state index contributed by atoms with van der Waals surface area (Å²) in [7, 11) is 0. The molecule has 1 saturated carbocycles. The van der Waals surface area contributed by atoms with E-state index >= 15 is 0 Å². The molecule has 106 valence electrons. The van der Waals surface area contributed by atoms with Gasteiger partial charge in [-0.1, -0.05) is 38.3 Å². The summed E-state index contributed by atoms with van der Waals surface area (Å²) in [5.41, 5.74) is 1.03. The van der Waals surface area contributed by atoms with Gasteiger partial charge in [-0.3, -0.25) is 0 Å². The van der Waals surface area contributed by atoms with Gasteiger partial charge in [-0.15, -0.1) is 0 Å². The van der Waals surface area contributed by atoms with E-state index in [1.54, 1.807) is 0 Å². The summed E-state index contributed by atoms with van der Waals surface area (Å²) in [6.07, 6.45) is 8.62. The van der Waals surface area contributed by atoms with Crippen LogP contribution >= 0.6 is 27.5 Å². The SMILES string of the molecule is CCCC1CCC(c2nc(Cl)c(Br)c(CC)n2)CC1. The monoisotopic (exact) mass is 344 g/mol. The number of rotatable bonds is 4. The van der Waals surface area contributed by atoms with Gasteiger partial charge in [0, 0.05) is 5.92 Å². The smallest absolute Gasteiger partial charge is 0.147 e. The molecule has 1 fully saturated rings. The van der Waals surface area contributed by atoms with E-state index in [1.807, 2.05) is 0 Å². The van der Waals surface area contributed by atoms with Crippen LogP contribution in [0.25, 0.3) is 0 Å². The van der Waals surface area contributed by atoms with Crippen LogP contribution < -0.4 is 0 Å². The lowest BCUT2D eigenvalue weighted by Crippen LogP contribution is -2.16. The van der Waals surface area contributed by atoms with Crippen molar-refractivity contribution in [3.8, 4) is 0 Å². The summed E-state index contributed by atoms with van der Waals surface area (Å²) in [6, 6.07) is 0. The third kappa shape index (κ3) is 3.69. The average molecular weight is 346 g/mol. The van der Waals surface area contributed by atoms with Crippen molar-refractivity contribution in [2.24, 2.45) is 5.92 Å².